The summed E-state index contributed by atoms with van der Waals surface area (Å²) in [6.07, 6.45) is -0.0469. The molecule has 0 fully saturated rings. The van der Waals surface area contributed by atoms with Crippen LogP contribution in [0.2, 0.25) is 0 Å². The van der Waals surface area contributed by atoms with Crippen LogP contribution in [0.15, 0.2) is 42.5 Å². The van der Waals surface area contributed by atoms with Crippen molar-refractivity contribution in [3.63, 3.8) is 0 Å². The van der Waals surface area contributed by atoms with E-state index in [1.54, 1.807) is 0 Å². The fraction of sp³-hybridized carbons (Fsp3) is 0.350. The van der Waals surface area contributed by atoms with Gasteiger partial charge < -0.3 is 19.7 Å². The molecule has 5 heteroatoms. The number of hydrogen-bond acceptors (Lipinski definition) is 3. The molecule has 2 aromatic carbocycles. The fourth-order valence-corrected chi connectivity index (χ4v) is 3.10. The van der Waals surface area contributed by atoms with Crippen LogP contribution in [-0.2, 0) is 0 Å². The Hall–Kier alpha value is -2.27. The van der Waals surface area contributed by atoms with Gasteiger partial charge in [-0.3, -0.25) is 0 Å². The maximum atomic E-state index is 6.05. The van der Waals surface area contributed by atoms with Crippen molar-refractivity contribution in [2.75, 3.05) is 25.0 Å². The van der Waals surface area contributed by atoms with Crippen LogP contribution >= 0.6 is 12.2 Å². The molecule has 0 aliphatic carbocycles. The highest BCUT2D eigenvalue weighted by atomic mass is 32.1. The molecule has 25 heavy (non-hydrogen) atoms. The minimum absolute atomic E-state index is 0.0469. The zero-order valence-corrected chi connectivity index (χ0v) is 15.7. The number of nitrogens with one attached hydrogen (secondary N) is 1. The third-order valence-corrected chi connectivity index (χ3v) is 4.78. The number of para-hydroxylation sites is 2. The van der Waals surface area contributed by atoms with Crippen LogP contribution in [0.5, 0.6) is 11.5 Å². The molecule has 0 spiro atoms. The second-order valence-electron chi connectivity index (χ2n) is 6.27. The van der Waals surface area contributed by atoms with Crippen LogP contribution in [0.25, 0.3) is 0 Å². The second kappa shape index (κ2) is 7.74. The number of aryl methyl sites for hydroxylation is 2. The predicted molar refractivity (Wildman–Crippen MR) is 106 cm³/mol. The summed E-state index contributed by atoms with van der Waals surface area (Å²) in [4.78, 5) is 2.10. The van der Waals surface area contributed by atoms with Gasteiger partial charge in [0.25, 0.3) is 0 Å². The van der Waals surface area contributed by atoms with Crippen molar-refractivity contribution in [2.45, 2.75) is 26.9 Å². The first-order valence-electron chi connectivity index (χ1n) is 8.58. The Morgan fingerprint density at radius 1 is 1.16 bits per heavy atom. The normalized spacial score (nSPS) is 15.6. The number of anilines is 1. The van der Waals surface area contributed by atoms with Crippen LogP contribution in [0, 0.1) is 13.8 Å². The summed E-state index contributed by atoms with van der Waals surface area (Å²) in [5, 5.41) is 4.03. The number of fused-ring (bicyclic) bond motifs is 1. The van der Waals surface area contributed by atoms with Crippen LogP contribution in [0.1, 0.15) is 18.1 Å². The Bertz CT molecular complexity index is 763. The van der Waals surface area contributed by atoms with E-state index in [-0.39, 0.29) is 6.10 Å². The first-order valence-corrected chi connectivity index (χ1v) is 8.99. The lowest BCUT2D eigenvalue weighted by molar-refractivity contribution is 0.0754. The average molecular weight is 356 g/mol. The van der Waals surface area contributed by atoms with Crippen molar-refractivity contribution in [1.29, 1.82) is 0 Å². The average Bonchev–Trinajstić information content (AvgIpc) is 2.62. The van der Waals surface area contributed by atoms with Crippen molar-refractivity contribution in [3.8, 4) is 11.5 Å². The molecule has 1 atom stereocenters. The van der Waals surface area contributed by atoms with Gasteiger partial charge in [-0.2, -0.15) is 0 Å². The first-order chi connectivity index (χ1) is 12.1. The highest BCUT2D eigenvalue weighted by molar-refractivity contribution is 7.80. The molecule has 3 rings (SSSR count). The van der Waals surface area contributed by atoms with Crippen LogP contribution in [0.4, 0.5) is 5.69 Å². The predicted octanol–water partition coefficient (Wildman–Crippen LogP) is 4.16. The zero-order chi connectivity index (χ0) is 17.8. The highest BCUT2D eigenvalue weighted by Gasteiger charge is 2.23. The molecule has 0 amide bonds. The molecule has 1 heterocycles. The SMILES string of the molecule is CCN(C[C@@H]1COc2ccccc2O1)C(=S)Nc1ccc(C)c(C)c1. The van der Waals surface area contributed by atoms with Gasteiger partial charge in [-0.15, -0.1) is 0 Å². The van der Waals surface area contributed by atoms with E-state index in [1.165, 1.54) is 11.1 Å². The van der Waals surface area contributed by atoms with Gasteiger partial charge in [0.15, 0.2) is 22.7 Å². The van der Waals surface area contributed by atoms with E-state index in [0.717, 1.165) is 23.7 Å². The summed E-state index contributed by atoms with van der Waals surface area (Å²) in [6.45, 7) is 8.31. The Balaban J connectivity index is 1.62. The van der Waals surface area contributed by atoms with Gasteiger partial charge in [-0.05, 0) is 68.4 Å². The smallest absolute Gasteiger partial charge is 0.173 e. The molecular formula is C20H24N2O2S. The summed E-state index contributed by atoms with van der Waals surface area (Å²) >= 11 is 5.60. The largest absolute Gasteiger partial charge is 0.486 e. The monoisotopic (exact) mass is 356 g/mol. The number of ether oxygens (including phenoxy) is 2. The Morgan fingerprint density at radius 2 is 1.92 bits per heavy atom. The van der Waals surface area contributed by atoms with Crippen molar-refractivity contribution in [1.82, 2.24) is 4.90 Å². The van der Waals surface area contributed by atoms with Crippen molar-refractivity contribution in [2.24, 2.45) is 0 Å². The molecule has 4 nitrogen and oxygen atoms in total. The number of hydrogen-bond donors (Lipinski definition) is 1. The second-order valence-corrected chi connectivity index (χ2v) is 6.65. The van der Waals surface area contributed by atoms with E-state index < -0.39 is 0 Å². The molecule has 0 unspecified atom stereocenters. The van der Waals surface area contributed by atoms with Crippen molar-refractivity contribution >= 4 is 23.0 Å². The number of thiocarbonyl (C=S) groups is 1. The van der Waals surface area contributed by atoms with Gasteiger partial charge in [-0.1, -0.05) is 18.2 Å². The summed E-state index contributed by atoms with van der Waals surface area (Å²) < 4.78 is 11.8. The summed E-state index contributed by atoms with van der Waals surface area (Å²) in [7, 11) is 0. The number of benzene rings is 2. The van der Waals surface area contributed by atoms with E-state index in [0.29, 0.717) is 18.3 Å². The van der Waals surface area contributed by atoms with E-state index in [9.17, 15) is 0 Å². The van der Waals surface area contributed by atoms with E-state index in [4.69, 9.17) is 21.7 Å². The molecule has 1 aliphatic heterocycles. The van der Waals surface area contributed by atoms with Gasteiger partial charge in [0.2, 0.25) is 0 Å². The van der Waals surface area contributed by atoms with Crippen LogP contribution in [0.3, 0.4) is 0 Å². The summed E-state index contributed by atoms with van der Waals surface area (Å²) in [6, 6.07) is 14.0. The number of rotatable bonds is 4. The number of likely N-dealkylation sites (N-methyl/N-ethyl adjacent to an activating group) is 1. The minimum Gasteiger partial charge on any atom is -0.486 e. The highest BCUT2D eigenvalue weighted by Crippen LogP contribution is 2.31. The Labute approximate surface area is 154 Å². The Morgan fingerprint density at radius 3 is 2.64 bits per heavy atom. The summed E-state index contributed by atoms with van der Waals surface area (Å²) in [5.41, 5.74) is 3.53. The summed E-state index contributed by atoms with van der Waals surface area (Å²) in [5.74, 6) is 1.60. The molecule has 132 valence electrons. The Kier molecular flexibility index (Phi) is 5.43. The standard InChI is InChI=1S/C20H24N2O2S/c1-4-22(20(25)21-16-10-9-14(2)15(3)11-16)12-17-13-23-18-7-5-6-8-19(18)24-17/h5-11,17H,4,12-13H2,1-3H3,(H,21,25)/t17-/m1/s1. The van der Waals surface area contributed by atoms with Gasteiger partial charge in [0.05, 0.1) is 6.54 Å². The molecule has 0 saturated heterocycles. The van der Waals surface area contributed by atoms with Gasteiger partial charge in [0.1, 0.15) is 6.61 Å². The first kappa shape index (κ1) is 17.5. The molecule has 0 saturated carbocycles. The third kappa shape index (κ3) is 4.23. The van der Waals surface area contributed by atoms with Crippen molar-refractivity contribution in [3.05, 3.63) is 53.6 Å². The fourth-order valence-electron chi connectivity index (χ4n) is 2.78. The molecular weight excluding hydrogens is 332 g/mol. The molecule has 0 aromatic heterocycles. The maximum Gasteiger partial charge on any atom is 0.173 e. The maximum absolute atomic E-state index is 6.05. The van der Waals surface area contributed by atoms with E-state index in [2.05, 4.69) is 49.2 Å². The van der Waals surface area contributed by atoms with Gasteiger partial charge in [-0.25, -0.2) is 0 Å². The minimum atomic E-state index is -0.0469. The lowest BCUT2D eigenvalue weighted by atomic mass is 10.1. The lowest BCUT2D eigenvalue weighted by Gasteiger charge is -2.32. The number of nitrogens with zero attached hydrogens (tertiary/aromatic N) is 1. The molecule has 1 aliphatic rings. The molecule has 2 aromatic rings. The van der Waals surface area contributed by atoms with Gasteiger partial charge >= 0.3 is 0 Å². The third-order valence-electron chi connectivity index (χ3n) is 4.42. The van der Waals surface area contributed by atoms with E-state index >= 15 is 0 Å². The van der Waals surface area contributed by atoms with Crippen LogP contribution < -0.4 is 14.8 Å². The molecule has 0 bridgehead atoms. The topological polar surface area (TPSA) is 33.7 Å². The molecule has 0 radical (unpaired) electrons. The quantitative estimate of drug-likeness (QED) is 0.832. The lowest BCUT2D eigenvalue weighted by Crippen LogP contribution is -2.45. The van der Waals surface area contributed by atoms with E-state index in [1.807, 2.05) is 24.3 Å². The van der Waals surface area contributed by atoms with Gasteiger partial charge in [0, 0.05) is 12.2 Å². The van der Waals surface area contributed by atoms with Crippen molar-refractivity contribution < 1.29 is 9.47 Å². The molecule has 1 N–H and O–H groups in total. The van der Waals surface area contributed by atoms with Crippen LogP contribution in [-0.4, -0.2) is 35.8 Å². The zero-order valence-electron chi connectivity index (χ0n) is 14.9.